The number of hydrogen-bond acceptors (Lipinski definition) is 4. The summed E-state index contributed by atoms with van der Waals surface area (Å²) < 4.78 is 0. The van der Waals surface area contributed by atoms with Gasteiger partial charge in [-0.25, -0.2) is 0 Å². The Labute approximate surface area is 99.3 Å². The second-order valence-electron chi connectivity index (χ2n) is 4.59. The number of rotatable bonds is 4. The van der Waals surface area contributed by atoms with Gasteiger partial charge in [-0.15, -0.1) is 0 Å². The van der Waals surface area contributed by atoms with Crippen molar-refractivity contribution >= 4 is 11.3 Å². The molecule has 16 heavy (non-hydrogen) atoms. The quantitative estimate of drug-likeness (QED) is 0.737. The van der Waals surface area contributed by atoms with Crippen LogP contribution in [0.5, 0.6) is 0 Å². The smallest absolute Gasteiger partial charge is 0.304 e. The monoisotopic (exact) mass is 241 g/mol. The van der Waals surface area contributed by atoms with E-state index in [1.165, 1.54) is 24.2 Å². The molecule has 0 aromatic carbocycles. The molecule has 0 amide bonds. The molecular weight excluding hydrogens is 222 g/mol. The molecule has 1 aromatic heterocycles. The Morgan fingerprint density at radius 3 is 2.81 bits per heavy atom. The Balaban J connectivity index is 1.66. The first-order valence-corrected chi connectivity index (χ1v) is 6.75. The van der Waals surface area contributed by atoms with Crippen LogP contribution in [-0.2, 0) is 6.54 Å². The topological polar surface area (TPSA) is 70.9 Å². The van der Waals surface area contributed by atoms with Gasteiger partial charge in [0.25, 0.3) is 0 Å². The first-order chi connectivity index (χ1) is 7.74. The van der Waals surface area contributed by atoms with Gasteiger partial charge in [-0.2, -0.15) is 0 Å². The van der Waals surface area contributed by atoms with E-state index in [0.717, 1.165) is 37.5 Å². The van der Waals surface area contributed by atoms with E-state index < -0.39 is 0 Å². The van der Waals surface area contributed by atoms with Crippen LogP contribution in [0.3, 0.4) is 0 Å². The summed E-state index contributed by atoms with van der Waals surface area (Å²) in [6, 6.07) is 0.421. The van der Waals surface area contributed by atoms with Crippen LogP contribution in [-0.4, -0.2) is 17.6 Å². The molecule has 0 aliphatic heterocycles. The molecule has 0 unspecified atom stereocenters. The molecule has 1 heterocycles. The standard InChI is InChI=1S/C11H19N3OS/c12-9-3-1-8(2-4-9)5-13-6-10-7-16-11(15)14-10/h7-9,13H,1-6,12H2,(H,14,15). The zero-order valence-electron chi connectivity index (χ0n) is 9.37. The van der Waals surface area contributed by atoms with Gasteiger partial charge in [-0.3, -0.25) is 4.79 Å². The lowest BCUT2D eigenvalue weighted by Crippen LogP contribution is -2.31. The van der Waals surface area contributed by atoms with Crippen LogP contribution in [0.25, 0.3) is 0 Å². The molecule has 5 heteroatoms. The third-order valence-corrected chi connectivity index (χ3v) is 3.93. The zero-order valence-corrected chi connectivity index (χ0v) is 10.2. The Bertz CT molecular complexity index is 365. The maximum Gasteiger partial charge on any atom is 0.304 e. The number of nitrogens with one attached hydrogen (secondary N) is 2. The molecule has 1 aliphatic rings. The van der Waals surface area contributed by atoms with Crippen LogP contribution in [0.1, 0.15) is 31.4 Å². The predicted octanol–water partition coefficient (Wildman–Crippen LogP) is 1.04. The molecule has 1 aromatic rings. The van der Waals surface area contributed by atoms with Crippen LogP contribution < -0.4 is 15.9 Å². The normalized spacial score (nSPS) is 25.8. The van der Waals surface area contributed by atoms with Crippen LogP contribution in [0, 0.1) is 5.92 Å². The number of nitrogens with two attached hydrogens (primary N) is 1. The average Bonchev–Trinajstić information content (AvgIpc) is 2.67. The summed E-state index contributed by atoms with van der Waals surface area (Å²) in [6.07, 6.45) is 4.77. The van der Waals surface area contributed by atoms with Crippen LogP contribution in [0.4, 0.5) is 0 Å². The molecule has 0 saturated heterocycles. The SMILES string of the molecule is NC1CCC(CNCc2csc(=O)[nH]2)CC1. The lowest BCUT2D eigenvalue weighted by atomic mass is 9.86. The van der Waals surface area contributed by atoms with Gasteiger partial charge >= 0.3 is 4.87 Å². The first kappa shape index (κ1) is 11.8. The minimum atomic E-state index is 0.0282. The summed E-state index contributed by atoms with van der Waals surface area (Å²) >= 11 is 1.22. The van der Waals surface area contributed by atoms with E-state index in [1.807, 2.05) is 5.38 Å². The van der Waals surface area contributed by atoms with Crippen molar-refractivity contribution in [3.05, 3.63) is 20.7 Å². The van der Waals surface area contributed by atoms with E-state index in [2.05, 4.69) is 10.3 Å². The van der Waals surface area contributed by atoms with Gasteiger partial charge in [0.15, 0.2) is 0 Å². The fraction of sp³-hybridized carbons (Fsp3) is 0.727. The van der Waals surface area contributed by atoms with Gasteiger partial charge < -0.3 is 16.0 Å². The first-order valence-electron chi connectivity index (χ1n) is 5.87. The molecule has 0 bridgehead atoms. The van der Waals surface area contributed by atoms with E-state index in [1.54, 1.807) is 0 Å². The van der Waals surface area contributed by atoms with Crippen molar-refractivity contribution in [2.24, 2.45) is 11.7 Å². The van der Waals surface area contributed by atoms with Crippen LogP contribution >= 0.6 is 11.3 Å². The number of H-pyrrole nitrogens is 1. The zero-order chi connectivity index (χ0) is 11.4. The highest BCUT2D eigenvalue weighted by Gasteiger charge is 2.17. The Hall–Kier alpha value is -0.650. The Morgan fingerprint density at radius 1 is 1.44 bits per heavy atom. The van der Waals surface area contributed by atoms with E-state index in [-0.39, 0.29) is 4.87 Å². The molecule has 1 fully saturated rings. The third-order valence-electron chi connectivity index (χ3n) is 3.21. The van der Waals surface area contributed by atoms with Crippen molar-refractivity contribution in [1.82, 2.24) is 10.3 Å². The number of aromatic nitrogens is 1. The van der Waals surface area contributed by atoms with Gasteiger partial charge in [-0.1, -0.05) is 11.3 Å². The van der Waals surface area contributed by atoms with Gasteiger partial charge in [0.2, 0.25) is 0 Å². The summed E-state index contributed by atoms with van der Waals surface area (Å²) in [5, 5.41) is 5.28. The highest BCUT2D eigenvalue weighted by molar-refractivity contribution is 7.07. The number of thiazole rings is 1. The van der Waals surface area contributed by atoms with Gasteiger partial charge in [0.05, 0.1) is 0 Å². The lowest BCUT2D eigenvalue weighted by Gasteiger charge is -2.26. The van der Waals surface area contributed by atoms with Crippen molar-refractivity contribution in [2.75, 3.05) is 6.54 Å². The maximum absolute atomic E-state index is 10.9. The van der Waals surface area contributed by atoms with Gasteiger partial charge in [0, 0.05) is 23.7 Å². The summed E-state index contributed by atoms with van der Waals surface area (Å²) in [6.45, 7) is 1.80. The summed E-state index contributed by atoms with van der Waals surface area (Å²) in [5.74, 6) is 0.755. The van der Waals surface area contributed by atoms with E-state index in [4.69, 9.17) is 5.73 Å². The Morgan fingerprint density at radius 2 is 2.19 bits per heavy atom. The van der Waals surface area contributed by atoms with E-state index >= 15 is 0 Å². The van der Waals surface area contributed by atoms with Crippen molar-refractivity contribution in [1.29, 1.82) is 0 Å². The molecule has 0 spiro atoms. The van der Waals surface area contributed by atoms with Crippen LogP contribution in [0.2, 0.25) is 0 Å². The fourth-order valence-corrected chi connectivity index (χ4v) is 2.79. The fourth-order valence-electron chi connectivity index (χ4n) is 2.20. The van der Waals surface area contributed by atoms with Crippen molar-refractivity contribution in [3.63, 3.8) is 0 Å². The van der Waals surface area contributed by atoms with E-state index in [0.29, 0.717) is 6.04 Å². The second kappa shape index (κ2) is 5.61. The van der Waals surface area contributed by atoms with Gasteiger partial charge in [0.1, 0.15) is 0 Å². The minimum Gasteiger partial charge on any atom is -0.328 e. The summed E-state index contributed by atoms with van der Waals surface area (Å²) in [7, 11) is 0. The van der Waals surface area contributed by atoms with Crippen LogP contribution in [0.15, 0.2) is 10.2 Å². The van der Waals surface area contributed by atoms with Gasteiger partial charge in [-0.05, 0) is 38.1 Å². The molecule has 0 atom stereocenters. The second-order valence-corrected chi connectivity index (χ2v) is 5.43. The molecular formula is C11H19N3OS. The minimum absolute atomic E-state index is 0.0282. The summed E-state index contributed by atoms with van der Waals surface area (Å²) in [4.78, 5) is 13.7. The van der Waals surface area contributed by atoms with Crippen molar-refractivity contribution in [3.8, 4) is 0 Å². The molecule has 4 nitrogen and oxygen atoms in total. The van der Waals surface area contributed by atoms with Crippen molar-refractivity contribution in [2.45, 2.75) is 38.3 Å². The molecule has 1 saturated carbocycles. The third kappa shape index (κ3) is 3.43. The highest BCUT2D eigenvalue weighted by atomic mass is 32.1. The largest absolute Gasteiger partial charge is 0.328 e. The van der Waals surface area contributed by atoms with Crippen molar-refractivity contribution < 1.29 is 0 Å². The lowest BCUT2D eigenvalue weighted by molar-refractivity contribution is 0.314. The average molecular weight is 241 g/mol. The Kier molecular flexibility index (Phi) is 4.15. The van der Waals surface area contributed by atoms with E-state index in [9.17, 15) is 4.79 Å². The number of aromatic amines is 1. The molecule has 4 N–H and O–H groups in total. The molecule has 1 aliphatic carbocycles. The maximum atomic E-state index is 10.9. The number of hydrogen-bond donors (Lipinski definition) is 3. The molecule has 0 radical (unpaired) electrons. The molecule has 90 valence electrons. The molecule has 2 rings (SSSR count). The highest BCUT2D eigenvalue weighted by Crippen LogP contribution is 2.22. The predicted molar refractivity (Wildman–Crippen MR) is 66.6 cm³/mol. The summed E-state index contributed by atoms with van der Waals surface area (Å²) in [5.41, 5.74) is 6.85.